The summed E-state index contributed by atoms with van der Waals surface area (Å²) in [6.45, 7) is 6.40. The molecule has 0 radical (unpaired) electrons. The fourth-order valence-corrected chi connectivity index (χ4v) is 1.87. The average Bonchev–Trinajstić information content (AvgIpc) is 2.34. The first kappa shape index (κ1) is 16.2. The number of hydrogen-bond acceptors (Lipinski definition) is 5. The second-order valence-corrected chi connectivity index (χ2v) is 5.86. The zero-order valence-electron chi connectivity index (χ0n) is 12.0. The molecule has 0 aromatic heterocycles. The van der Waals surface area contributed by atoms with Gasteiger partial charge in [-0.2, -0.15) is 0 Å². The molecule has 112 valence electrons. The summed E-state index contributed by atoms with van der Waals surface area (Å²) >= 11 is 0. The van der Waals surface area contributed by atoms with Gasteiger partial charge >= 0.3 is 6.09 Å². The summed E-state index contributed by atoms with van der Waals surface area (Å²) in [5, 5.41) is 18.0. The lowest BCUT2D eigenvalue weighted by Gasteiger charge is -2.34. The highest BCUT2D eigenvalue weighted by molar-refractivity contribution is 5.68. The average molecular weight is 275 g/mol. The monoisotopic (exact) mass is 275 g/mol. The smallest absolute Gasteiger partial charge is 0.410 e. The van der Waals surface area contributed by atoms with Crippen LogP contribution in [0.1, 0.15) is 33.6 Å². The van der Waals surface area contributed by atoms with E-state index < -0.39 is 11.7 Å². The maximum atomic E-state index is 11.9. The van der Waals surface area contributed by atoms with Crippen molar-refractivity contribution in [3.05, 3.63) is 0 Å². The van der Waals surface area contributed by atoms with Gasteiger partial charge in [-0.05, 0) is 33.6 Å². The summed E-state index contributed by atoms with van der Waals surface area (Å²) in [5.74, 6) is 0. The minimum Gasteiger partial charge on any atom is -0.444 e. The van der Waals surface area contributed by atoms with Crippen LogP contribution in [0, 0.1) is 0 Å². The van der Waals surface area contributed by atoms with Crippen molar-refractivity contribution < 1.29 is 24.5 Å². The van der Waals surface area contributed by atoms with E-state index in [1.165, 1.54) is 0 Å². The summed E-state index contributed by atoms with van der Waals surface area (Å²) in [5.41, 5.74) is -0.502. The van der Waals surface area contributed by atoms with Gasteiger partial charge in [0.25, 0.3) is 0 Å². The van der Waals surface area contributed by atoms with E-state index in [-0.39, 0.29) is 25.4 Å². The van der Waals surface area contributed by atoms with Crippen molar-refractivity contribution in [3.8, 4) is 0 Å². The molecule has 1 heterocycles. The molecule has 0 saturated carbocycles. The molecular weight excluding hydrogens is 250 g/mol. The Morgan fingerprint density at radius 3 is 2.74 bits per heavy atom. The molecule has 19 heavy (non-hydrogen) atoms. The van der Waals surface area contributed by atoms with Gasteiger partial charge in [0.1, 0.15) is 11.7 Å². The van der Waals surface area contributed by atoms with Crippen molar-refractivity contribution >= 4 is 6.09 Å². The van der Waals surface area contributed by atoms with Crippen LogP contribution in [0.3, 0.4) is 0 Å². The predicted molar refractivity (Wildman–Crippen MR) is 69.9 cm³/mol. The van der Waals surface area contributed by atoms with E-state index in [0.29, 0.717) is 13.1 Å². The number of nitrogens with zero attached hydrogens (tertiary/aromatic N) is 1. The molecule has 1 rings (SSSR count). The molecule has 1 aliphatic rings. The van der Waals surface area contributed by atoms with Crippen LogP contribution in [0.25, 0.3) is 0 Å². The minimum absolute atomic E-state index is 0.0866. The van der Waals surface area contributed by atoms with E-state index in [1.807, 2.05) is 20.8 Å². The van der Waals surface area contributed by atoms with Crippen LogP contribution in [0.4, 0.5) is 4.79 Å². The highest BCUT2D eigenvalue weighted by Crippen LogP contribution is 2.17. The molecule has 1 aliphatic heterocycles. The Morgan fingerprint density at radius 2 is 2.16 bits per heavy atom. The summed E-state index contributed by atoms with van der Waals surface area (Å²) in [6.07, 6.45) is 0.388. The molecule has 6 heteroatoms. The highest BCUT2D eigenvalue weighted by atomic mass is 16.6. The van der Waals surface area contributed by atoms with Crippen LogP contribution < -0.4 is 0 Å². The summed E-state index contributed by atoms with van der Waals surface area (Å²) < 4.78 is 10.8. The normalized spacial score (nSPS) is 22.2. The van der Waals surface area contributed by atoms with Gasteiger partial charge in [-0.25, -0.2) is 4.79 Å². The SMILES string of the molecule is CC(C)(C)OC(=O)N1CCCC(OCC(O)CO)C1. The second kappa shape index (κ2) is 7.07. The highest BCUT2D eigenvalue weighted by Gasteiger charge is 2.28. The van der Waals surface area contributed by atoms with Crippen molar-refractivity contribution in [1.82, 2.24) is 4.90 Å². The van der Waals surface area contributed by atoms with Crippen LogP contribution >= 0.6 is 0 Å². The van der Waals surface area contributed by atoms with Crippen molar-refractivity contribution in [2.24, 2.45) is 0 Å². The number of hydrogen-bond donors (Lipinski definition) is 2. The quantitative estimate of drug-likeness (QED) is 0.791. The third-order valence-corrected chi connectivity index (χ3v) is 2.76. The lowest BCUT2D eigenvalue weighted by molar-refractivity contribution is -0.0556. The Hall–Kier alpha value is -0.850. The number of aliphatic hydroxyl groups is 2. The van der Waals surface area contributed by atoms with Crippen LogP contribution in [0.2, 0.25) is 0 Å². The molecule has 0 aromatic carbocycles. The fraction of sp³-hybridized carbons (Fsp3) is 0.923. The van der Waals surface area contributed by atoms with E-state index in [1.54, 1.807) is 4.90 Å². The Kier molecular flexibility index (Phi) is 6.03. The summed E-state index contributed by atoms with van der Waals surface area (Å²) in [7, 11) is 0. The molecular formula is C13H25NO5. The van der Waals surface area contributed by atoms with Crippen LogP contribution in [-0.4, -0.2) is 65.3 Å². The molecule has 1 saturated heterocycles. The molecule has 0 aliphatic carbocycles. The third-order valence-electron chi connectivity index (χ3n) is 2.76. The van der Waals surface area contributed by atoms with Gasteiger partial charge in [-0.1, -0.05) is 0 Å². The Bertz CT molecular complexity index is 289. The second-order valence-electron chi connectivity index (χ2n) is 5.86. The van der Waals surface area contributed by atoms with Crippen molar-refractivity contribution in [2.75, 3.05) is 26.3 Å². The number of carbonyl (C=O) groups is 1. The Labute approximate surface area is 114 Å². The first-order valence-corrected chi connectivity index (χ1v) is 6.70. The minimum atomic E-state index is -0.864. The number of rotatable bonds is 4. The van der Waals surface area contributed by atoms with Gasteiger partial charge in [0.15, 0.2) is 0 Å². The molecule has 1 fully saturated rings. The van der Waals surface area contributed by atoms with Gasteiger partial charge in [0, 0.05) is 6.54 Å². The molecule has 0 aromatic rings. The van der Waals surface area contributed by atoms with E-state index >= 15 is 0 Å². The topological polar surface area (TPSA) is 79.2 Å². The molecule has 0 bridgehead atoms. The Morgan fingerprint density at radius 1 is 1.47 bits per heavy atom. The van der Waals surface area contributed by atoms with Gasteiger partial charge in [0.05, 0.1) is 25.9 Å². The number of likely N-dealkylation sites (tertiary alicyclic amines) is 1. The van der Waals surface area contributed by atoms with Crippen LogP contribution in [-0.2, 0) is 9.47 Å². The van der Waals surface area contributed by atoms with Gasteiger partial charge in [-0.15, -0.1) is 0 Å². The van der Waals surface area contributed by atoms with Gasteiger partial charge in [-0.3, -0.25) is 0 Å². The fourth-order valence-electron chi connectivity index (χ4n) is 1.87. The number of ether oxygens (including phenoxy) is 2. The number of aliphatic hydroxyl groups excluding tert-OH is 2. The zero-order valence-corrected chi connectivity index (χ0v) is 12.0. The van der Waals surface area contributed by atoms with E-state index in [4.69, 9.17) is 14.6 Å². The van der Waals surface area contributed by atoms with E-state index in [9.17, 15) is 9.90 Å². The maximum Gasteiger partial charge on any atom is 0.410 e. The maximum absolute atomic E-state index is 11.9. The van der Waals surface area contributed by atoms with Crippen LogP contribution in [0.15, 0.2) is 0 Å². The number of amides is 1. The molecule has 0 spiro atoms. The first-order valence-electron chi connectivity index (χ1n) is 6.70. The molecule has 2 N–H and O–H groups in total. The van der Waals surface area contributed by atoms with Gasteiger partial charge < -0.3 is 24.6 Å². The first-order chi connectivity index (χ1) is 8.81. The van der Waals surface area contributed by atoms with Crippen molar-refractivity contribution in [1.29, 1.82) is 0 Å². The summed E-state index contributed by atoms with van der Waals surface area (Å²) in [4.78, 5) is 13.5. The van der Waals surface area contributed by atoms with Crippen LogP contribution in [0.5, 0.6) is 0 Å². The zero-order chi connectivity index (χ0) is 14.5. The van der Waals surface area contributed by atoms with E-state index in [0.717, 1.165) is 12.8 Å². The molecule has 1 amide bonds. The third kappa shape index (κ3) is 6.22. The Balaban J connectivity index is 2.39. The predicted octanol–water partition coefficient (Wildman–Crippen LogP) is 0.756. The number of piperidine rings is 1. The molecule has 2 atom stereocenters. The lowest BCUT2D eigenvalue weighted by Crippen LogP contribution is -2.46. The van der Waals surface area contributed by atoms with E-state index in [2.05, 4.69) is 0 Å². The molecule has 6 nitrogen and oxygen atoms in total. The summed E-state index contributed by atoms with van der Waals surface area (Å²) in [6, 6.07) is 0. The number of carbonyl (C=O) groups excluding carboxylic acids is 1. The molecule has 2 unspecified atom stereocenters. The van der Waals surface area contributed by atoms with Crippen molar-refractivity contribution in [2.45, 2.75) is 51.4 Å². The lowest BCUT2D eigenvalue weighted by atomic mass is 10.1. The standard InChI is InChI=1S/C13H25NO5/c1-13(2,3)19-12(17)14-6-4-5-11(7-14)18-9-10(16)8-15/h10-11,15-16H,4-9H2,1-3H3. The van der Waals surface area contributed by atoms with Crippen molar-refractivity contribution in [3.63, 3.8) is 0 Å². The van der Waals surface area contributed by atoms with Gasteiger partial charge in [0.2, 0.25) is 0 Å². The largest absolute Gasteiger partial charge is 0.444 e.